The zero-order valence-electron chi connectivity index (χ0n) is 10.6. The van der Waals surface area contributed by atoms with Gasteiger partial charge in [0.25, 0.3) is 0 Å². The Balaban J connectivity index is 1.87. The van der Waals surface area contributed by atoms with Gasteiger partial charge in [-0.05, 0) is 50.3 Å². The third-order valence-electron chi connectivity index (χ3n) is 3.33. The molecule has 0 aliphatic heterocycles. The molecule has 3 heteroatoms. The van der Waals surface area contributed by atoms with Gasteiger partial charge < -0.3 is 11.1 Å². The van der Waals surface area contributed by atoms with E-state index in [1.54, 1.807) is 17.7 Å². The number of nitrogens with two attached hydrogens (primary N) is 1. The van der Waals surface area contributed by atoms with Crippen molar-refractivity contribution in [3.8, 4) is 6.07 Å². The van der Waals surface area contributed by atoms with Crippen LogP contribution in [-0.2, 0) is 0 Å². The first-order valence-electron chi connectivity index (χ1n) is 6.51. The molecule has 0 saturated heterocycles. The first-order chi connectivity index (χ1) is 8.79. The molecule has 1 aliphatic carbocycles. The van der Waals surface area contributed by atoms with Crippen molar-refractivity contribution in [2.75, 3.05) is 17.6 Å². The van der Waals surface area contributed by atoms with Gasteiger partial charge in [-0.25, -0.2) is 0 Å². The van der Waals surface area contributed by atoms with E-state index in [4.69, 9.17) is 11.0 Å². The highest BCUT2D eigenvalue weighted by atomic mass is 14.9. The van der Waals surface area contributed by atoms with Crippen molar-refractivity contribution in [1.29, 1.82) is 5.26 Å². The molecule has 0 bridgehead atoms. The summed E-state index contributed by atoms with van der Waals surface area (Å²) in [5.74, 6) is 0. The van der Waals surface area contributed by atoms with Crippen LogP contribution in [0.4, 0.5) is 11.4 Å². The van der Waals surface area contributed by atoms with Crippen LogP contribution in [0.1, 0.15) is 37.7 Å². The third kappa shape index (κ3) is 3.27. The molecule has 0 fully saturated rings. The summed E-state index contributed by atoms with van der Waals surface area (Å²) in [4.78, 5) is 0. The van der Waals surface area contributed by atoms with Crippen molar-refractivity contribution in [1.82, 2.24) is 0 Å². The minimum atomic E-state index is 0.605. The molecule has 0 unspecified atom stereocenters. The molecule has 3 nitrogen and oxygen atoms in total. The topological polar surface area (TPSA) is 61.8 Å². The Morgan fingerprint density at radius 3 is 2.89 bits per heavy atom. The summed E-state index contributed by atoms with van der Waals surface area (Å²) in [6.45, 7) is 0.905. The van der Waals surface area contributed by atoms with Gasteiger partial charge in [0.15, 0.2) is 0 Å². The molecule has 0 radical (unpaired) electrons. The molecule has 1 aromatic carbocycles. The van der Waals surface area contributed by atoms with Gasteiger partial charge in [-0.1, -0.05) is 11.6 Å². The molecule has 0 amide bonds. The largest absolute Gasteiger partial charge is 0.397 e. The molecular weight excluding hydrogens is 222 g/mol. The summed E-state index contributed by atoms with van der Waals surface area (Å²) in [6.07, 6.45) is 8.58. The van der Waals surface area contributed by atoms with Crippen LogP contribution in [0.2, 0.25) is 0 Å². The number of nitrogens with zero attached hydrogens (tertiary/aromatic N) is 1. The van der Waals surface area contributed by atoms with Gasteiger partial charge in [0.05, 0.1) is 23.0 Å². The maximum absolute atomic E-state index is 8.77. The van der Waals surface area contributed by atoms with E-state index in [9.17, 15) is 0 Å². The summed E-state index contributed by atoms with van der Waals surface area (Å²) >= 11 is 0. The number of anilines is 2. The normalized spacial score (nSPS) is 14.7. The molecule has 1 aromatic rings. The Hall–Kier alpha value is -1.95. The second kappa shape index (κ2) is 6.11. The van der Waals surface area contributed by atoms with Crippen molar-refractivity contribution in [3.63, 3.8) is 0 Å². The summed E-state index contributed by atoms with van der Waals surface area (Å²) in [7, 11) is 0. The van der Waals surface area contributed by atoms with E-state index in [0.717, 1.165) is 18.7 Å². The van der Waals surface area contributed by atoms with Gasteiger partial charge in [-0.15, -0.1) is 0 Å². The van der Waals surface area contributed by atoms with Crippen molar-refractivity contribution in [3.05, 3.63) is 35.4 Å². The Morgan fingerprint density at radius 2 is 2.22 bits per heavy atom. The third-order valence-corrected chi connectivity index (χ3v) is 3.33. The van der Waals surface area contributed by atoms with E-state index in [-0.39, 0.29) is 0 Å². The Bertz CT molecular complexity index is 483. The quantitative estimate of drug-likeness (QED) is 0.627. The van der Waals surface area contributed by atoms with Crippen LogP contribution in [-0.4, -0.2) is 6.54 Å². The Morgan fingerprint density at radius 1 is 1.33 bits per heavy atom. The minimum absolute atomic E-state index is 0.605. The molecule has 94 valence electrons. The van der Waals surface area contributed by atoms with Crippen LogP contribution in [0.15, 0.2) is 29.8 Å². The minimum Gasteiger partial charge on any atom is -0.397 e. The second-order valence-electron chi connectivity index (χ2n) is 4.70. The standard InChI is InChI=1S/C15H19N3/c16-11-13-6-7-15(14(17)10-13)18-9-8-12-4-2-1-3-5-12/h4,6-7,10,18H,1-3,5,8-9,17H2. The highest BCUT2D eigenvalue weighted by molar-refractivity contribution is 5.68. The number of benzene rings is 1. The van der Waals surface area contributed by atoms with Crippen molar-refractivity contribution >= 4 is 11.4 Å². The van der Waals surface area contributed by atoms with Gasteiger partial charge in [-0.3, -0.25) is 0 Å². The number of hydrogen-bond acceptors (Lipinski definition) is 3. The number of nitrogens with one attached hydrogen (secondary N) is 1. The Labute approximate surface area is 108 Å². The zero-order chi connectivity index (χ0) is 12.8. The fourth-order valence-electron chi connectivity index (χ4n) is 2.28. The second-order valence-corrected chi connectivity index (χ2v) is 4.70. The van der Waals surface area contributed by atoms with Gasteiger partial charge in [0.2, 0.25) is 0 Å². The van der Waals surface area contributed by atoms with E-state index in [2.05, 4.69) is 17.5 Å². The van der Waals surface area contributed by atoms with Gasteiger partial charge >= 0.3 is 0 Å². The van der Waals surface area contributed by atoms with Crippen LogP contribution >= 0.6 is 0 Å². The van der Waals surface area contributed by atoms with Crippen LogP contribution in [0, 0.1) is 11.3 Å². The number of nitriles is 1. The molecule has 18 heavy (non-hydrogen) atoms. The first-order valence-corrected chi connectivity index (χ1v) is 6.51. The smallest absolute Gasteiger partial charge is 0.0992 e. The number of nitrogen functional groups attached to an aromatic ring is 1. The Kier molecular flexibility index (Phi) is 4.25. The summed E-state index contributed by atoms with van der Waals surface area (Å²) in [5.41, 5.74) is 9.62. The lowest BCUT2D eigenvalue weighted by atomic mass is 9.97. The molecule has 0 heterocycles. The molecular formula is C15H19N3. The molecule has 2 rings (SSSR count). The van der Waals surface area contributed by atoms with Crippen LogP contribution in [0.25, 0.3) is 0 Å². The predicted octanol–water partition coefficient (Wildman–Crippen LogP) is 3.44. The lowest BCUT2D eigenvalue weighted by Gasteiger charge is -2.14. The highest BCUT2D eigenvalue weighted by Crippen LogP contribution is 2.22. The lowest BCUT2D eigenvalue weighted by molar-refractivity contribution is 0.679. The highest BCUT2D eigenvalue weighted by Gasteiger charge is 2.04. The molecule has 0 saturated carbocycles. The van der Waals surface area contributed by atoms with E-state index >= 15 is 0 Å². The number of rotatable bonds is 4. The van der Waals surface area contributed by atoms with Crippen LogP contribution in [0.5, 0.6) is 0 Å². The molecule has 0 atom stereocenters. The first kappa shape index (κ1) is 12.5. The summed E-state index contributed by atoms with van der Waals surface area (Å²) in [6, 6.07) is 7.46. The van der Waals surface area contributed by atoms with Crippen LogP contribution in [0.3, 0.4) is 0 Å². The average molecular weight is 241 g/mol. The number of allylic oxidation sites excluding steroid dienone is 1. The molecule has 3 N–H and O–H groups in total. The molecule has 1 aliphatic rings. The van der Waals surface area contributed by atoms with Gasteiger partial charge in [0, 0.05) is 6.54 Å². The van der Waals surface area contributed by atoms with E-state index in [1.807, 2.05) is 6.07 Å². The van der Waals surface area contributed by atoms with E-state index in [1.165, 1.54) is 25.7 Å². The lowest BCUT2D eigenvalue weighted by Crippen LogP contribution is -2.06. The maximum atomic E-state index is 8.77. The molecule has 0 aromatic heterocycles. The SMILES string of the molecule is N#Cc1ccc(NCCC2=CCCCC2)c(N)c1. The molecule has 0 spiro atoms. The van der Waals surface area contributed by atoms with Crippen molar-refractivity contribution < 1.29 is 0 Å². The monoisotopic (exact) mass is 241 g/mol. The fourth-order valence-corrected chi connectivity index (χ4v) is 2.28. The van der Waals surface area contributed by atoms with Crippen molar-refractivity contribution in [2.45, 2.75) is 32.1 Å². The van der Waals surface area contributed by atoms with Gasteiger partial charge in [0.1, 0.15) is 0 Å². The zero-order valence-corrected chi connectivity index (χ0v) is 10.6. The maximum Gasteiger partial charge on any atom is 0.0992 e. The summed E-state index contributed by atoms with van der Waals surface area (Å²) < 4.78 is 0. The average Bonchev–Trinajstić information content (AvgIpc) is 2.42. The van der Waals surface area contributed by atoms with Crippen molar-refractivity contribution in [2.24, 2.45) is 0 Å². The summed E-state index contributed by atoms with van der Waals surface area (Å²) in [5, 5.41) is 12.1. The number of hydrogen-bond donors (Lipinski definition) is 2. The fraction of sp³-hybridized carbons (Fsp3) is 0.400. The van der Waals surface area contributed by atoms with Crippen LogP contribution < -0.4 is 11.1 Å². The predicted molar refractivity (Wildman–Crippen MR) is 75.2 cm³/mol. The van der Waals surface area contributed by atoms with E-state index in [0.29, 0.717) is 11.3 Å². The van der Waals surface area contributed by atoms with E-state index < -0.39 is 0 Å². The van der Waals surface area contributed by atoms with Gasteiger partial charge in [-0.2, -0.15) is 5.26 Å².